The zero-order chi connectivity index (χ0) is 14.5. The SMILES string of the molecule is CCOc1c(N)cccc1C(=O)Nc1cccc(F)n1. The lowest BCUT2D eigenvalue weighted by atomic mass is 10.1. The van der Waals surface area contributed by atoms with E-state index in [1.165, 1.54) is 18.2 Å². The second-order valence-electron chi connectivity index (χ2n) is 3.96. The molecule has 104 valence electrons. The van der Waals surface area contributed by atoms with Crippen LogP contribution in [0.25, 0.3) is 0 Å². The topological polar surface area (TPSA) is 77.2 Å². The third-order valence-electron chi connectivity index (χ3n) is 2.54. The molecule has 0 aliphatic heterocycles. The molecule has 2 aromatic rings. The van der Waals surface area contributed by atoms with Gasteiger partial charge in [0.2, 0.25) is 5.95 Å². The summed E-state index contributed by atoms with van der Waals surface area (Å²) in [6.07, 6.45) is 0. The van der Waals surface area contributed by atoms with E-state index in [-0.39, 0.29) is 11.4 Å². The zero-order valence-electron chi connectivity index (χ0n) is 10.9. The van der Waals surface area contributed by atoms with Crippen molar-refractivity contribution in [1.29, 1.82) is 0 Å². The van der Waals surface area contributed by atoms with E-state index in [0.717, 1.165) is 0 Å². The molecule has 0 aliphatic rings. The van der Waals surface area contributed by atoms with E-state index in [1.807, 2.05) is 0 Å². The van der Waals surface area contributed by atoms with Gasteiger partial charge in [-0.1, -0.05) is 12.1 Å². The molecule has 1 aromatic carbocycles. The fourth-order valence-electron chi connectivity index (χ4n) is 1.70. The van der Waals surface area contributed by atoms with Crippen molar-refractivity contribution in [3.8, 4) is 5.75 Å². The van der Waals surface area contributed by atoms with Gasteiger partial charge in [-0.15, -0.1) is 0 Å². The number of pyridine rings is 1. The Hall–Kier alpha value is -2.63. The first kappa shape index (κ1) is 13.8. The van der Waals surface area contributed by atoms with E-state index in [9.17, 15) is 9.18 Å². The maximum atomic E-state index is 13.0. The second kappa shape index (κ2) is 6.01. The molecule has 3 N–H and O–H groups in total. The van der Waals surface area contributed by atoms with E-state index in [2.05, 4.69) is 10.3 Å². The van der Waals surface area contributed by atoms with Gasteiger partial charge in [-0.2, -0.15) is 4.39 Å². The predicted octanol–water partition coefficient (Wildman–Crippen LogP) is 2.45. The number of halogens is 1. The van der Waals surface area contributed by atoms with Crippen molar-refractivity contribution in [3.05, 3.63) is 47.9 Å². The van der Waals surface area contributed by atoms with E-state index in [4.69, 9.17) is 10.5 Å². The minimum atomic E-state index is -0.666. The Morgan fingerprint density at radius 1 is 1.35 bits per heavy atom. The van der Waals surface area contributed by atoms with Crippen molar-refractivity contribution in [2.24, 2.45) is 0 Å². The Kier molecular flexibility index (Phi) is 4.14. The molecule has 1 heterocycles. The number of benzene rings is 1. The Morgan fingerprint density at radius 3 is 2.80 bits per heavy atom. The number of nitrogen functional groups attached to an aromatic ring is 1. The monoisotopic (exact) mass is 275 g/mol. The molecule has 1 amide bonds. The van der Waals surface area contributed by atoms with Crippen LogP contribution in [0, 0.1) is 5.95 Å². The van der Waals surface area contributed by atoms with Gasteiger partial charge < -0.3 is 15.8 Å². The number of carbonyl (C=O) groups excluding carboxylic acids is 1. The number of nitrogens with two attached hydrogens (primary N) is 1. The Morgan fingerprint density at radius 2 is 2.10 bits per heavy atom. The van der Waals surface area contributed by atoms with Crippen molar-refractivity contribution in [1.82, 2.24) is 4.98 Å². The normalized spacial score (nSPS) is 10.1. The maximum Gasteiger partial charge on any atom is 0.260 e. The predicted molar refractivity (Wildman–Crippen MR) is 74.2 cm³/mol. The lowest BCUT2D eigenvalue weighted by molar-refractivity contribution is 0.102. The fourth-order valence-corrected chi connectivity index (χ4v) is 1.70. The third kappa shape index (κ3) is 3.03. The Balaban J connectivity index is 2.27. The van der Waals surface area contributed by atoms with Gasteiger partial charge in [0.15, 0.2) is 5.75 Å². The average molecular weight is 275 g/mol. The number of hydrogen-bond acceptors (Lipinski definition) is 4. The Bertz CT molecular complexity index is 632. The summed E-state index contributed by atoms with van der Waals surface area (Å²) >= 11 is 0. The van der Waals surface area contributed by atoms with E-state index >= 15 is 0 Å². The first-order valence-electron chi connectivity index (χ1n) is 6.07. The summed E-state index contributed by atoms with van der Waals surface area (Å²) in [7, 11) is 0. The number of amides is 1. The molecule has 0 fully saturated rings. The molecular weight excluding hydrogens is 261 g/mol. The summed E-state index contributed by atoms with van der Waals surface area (Å²) < 4.78 is 18.3. The van der Waals surface area contributed by atoms with Crippen LogP contribution < -0.4 is 15.8 Å². The van der Waals surface area contributed by atoms with Gasteiger partial charge in [-0.05, 0) is 31.2 Å². The van der Waals surface area contributed by atoms with Crippen molar-refractivity contribution >= 4 is 17.4 Å². The number of nitrogens with one attached hydrogen (secondary N) is 1. The van der Waals surface area contributed by atoms with Crippen LogP contribution in [0.2, 0.25) is 0 Å². The number of carbonyl (C=O) groups is 1. The van der Waals surface area contributed by atoms with Crippen LogP contribution >= 0.6 is 0 Å². The molecule has 6 heteroatoms. The number of anilines is 2. The minimum absolute atomic E-state index is 0.125. The summed E-state index contributed by atoms with van der Waals surface area (Å²) in [6.45, 7) is 2.18. The van der Waals surface area contributed by atoms with Crippen LogP contribution in [0.5, 0.6) is 5.75 Å². The van der Waals surface area contributed by atoms with Crippen LogP contribution in [-0.4, -0.2) is 17.5 Å². The van der Waals surface area contributed by atoms with E-state index in [0.29, 0.717) is 18.0 Å². The minimum Gasteiger partial charge on any atom is -0.491 e. The highest BCUT2D eigenvalue weighted by atomic mass is 19.1. The molecule has 0 bridgehead atoms. The zero-order valence-corrected chi connectivity index (χ0v) is 10.9. The molecular formula is C14H14FN3O2. The molecule has 0 atom stereocenters. The number of ether oxygens (including phenoxy) is 1. The molecule has 0 spiro atoms. The number of nitrogens with zero attached hydrogens (tertiary/aromatic N) is 1. The van der Waals surface area contributed by atoms with Gasteiger partial charge in [-0.25, -0.2) is 4.98 Å². The highest BCUT2D eigenvalue weighted by Crippen LogP contribution is 2.27. The third-order valence-corrected chi connectivity index (χ3v) is 2.54. The highest BCUT2D eigenvalue weighted by molar-refractivity contribution is 6.06. The first-order chi connectivity index (χ1) is 9.61. The standard InChI is InChI=1S/C14H14FN3O2/c1-2-20-13-9(5-3-6-10(13)16)14(19)18-12-8-4-7-11(15)17-12/h3-8H,2,16H2,1H3,(H,17,18,19). The average Bonchev–Trinajstić information content (AvgIpc) is 2.41. The molecule has 1 aromatic heterocycles. The van der Waals surface area contributed by atoms with Crippen LogP contribution in [0.1, 0.15) is 17.3 Å². The number of para-hydroxylation sites is 1. The second-order valence-corrected chi connectivity index (χ2v) is 3.96. The van der Waals surface area contributed by atoms with Crippen molar-refractivity contribution in [3.63, 3.8) is 0 Å². The number of rotatable bonds is 4. The number of aromatic nitrogens is 1. The number of hydrogen-bond donors (Lipinski definition) is 2. The van der Waals surface area contributed by atoms with Crippen molar-refractivity contribution < 1.29 is 13.9 Å². The van der Waals surface area contributed by atoms with Crippen LogP contribution in [-0.2, 0) is 0 Å². The molecule has 2 rings (SSSR count). The lowest BCUT2D eigenvalue weighted by Gasteiger charge is -2.12. The van der Waals surface area contributed by atoms with Crippen LogP contribution in [0.3, 0.4) is 0 Å². The maximum absolute atomic E-state index is 13.0. The van der Waals surface area contributed by atoms with E-state index in [1.54, 1.807) is 25.1 Å². The summed E-state index contributed by atoms with van der Waals surface area (Å²) in [5, 5.41) is 2.50. The molecule has 0 saturated carbocycles. The molecule has 20 heavy (non-hydrogen) atoms. The quantitative estimate of drug-likeness (QED) is 0.663. The smallest absolute Gasteiger partial charge is 0.260 e. The summed E-state index contributed by atoms with van der Waals surface area (Å²) in [5.41, 5.74) is 6.43. The molecule has 0 saturated heterocycles. The molecule has 0 radical (unpaired) electrons. The molecule has 0 aliphatic carbocycles. The van der Waals surface area contributed by atoms with Gasteiger partial charge in [-0.3, -0.25) is 4.79 Å². The van der Waals surface area contributed by atoms with Crippen LogP contribution in [0.15, 0.2) is 36.4 Å². The van der Waals surface area contributed by atoms with Crippen LogP contribution in [0.4, 0.5) is 15.9 Å². The Labute approximate surface area is 115 Å². The van der Waals surface area contributed by atoms with Gasteiger partial charge >= 0.3 is 0 Å². The lowest BCUT2D eigenvalue weighted by Crippen LogP contribution is -2.15. The van der Waals surface area contributed by atoms with Crippen molar-refractivity contribution in [2.75, 3.05) is 17.7 Å². The molecule has 5 nitrogen and oxygen atoms in total. The highest BCUT2D eigenvalue weighted by Gasteiger charge is 2.15. The summed E-state index contributed by atoms with van der Waals surface area (Å²) in [6, 6.07) is 9.01. The molecule has 0 unspecified atom stereocenters. The van der Waals surface area contributed by atoms with Crippen molar-refractivity contribution in [2.45, 2.75) is 6.92 Å². The van der Waals surface area contributed by atoms with E-state index < -0.39 is 11.9 Å². The van der Waals surface area contributed by atoms with Gasteiger partial charge in [0.25, 0.3) is 5.91 Å². The van der Waals surface area contributed by atoms with Gasteiger partial charge in [0.05, 0.1) is 17.9 Å². The fraction of sp³-hybridized carbons (Fsp3) is 0.143. The van der Waals surface area contributed by atoms with Gasteiger partial charge in [0, 0.05) is 0 Å². The summed E-state index contributed by atoms with van der Waals surface area (Å²) in [5.74, 6) is -0.692. The van der Waals surface area contributed by atoms with Gasteiger partial charge in [0.1, 0.15) is 5.82 Å². The summed E-state index contributed by atoms with van der Waals surface area (Å²) in [4.78, 5) is 15.7. The largest absolute Gasteiger partial charge is 0.491 e. The first-order valence-corrected chi connectivity index (χ1v) is 6.07.